The summed E-state index contributed by atoms with van der Waals surface area (Å²) in [5.41, 5.74) is 1.42. The Balaban J connectivity index is 1.63. The molecule has 1 N–H and O–H groups in total. The van der Waals surface area contributed by atoms with Crippen molar-refractivity contribution in [2.45, 2.75) is 18.8 Å². The Labute approximate surface area is 188 Å². The van der Waals surface area contributed by atoms with Gasteiger partial charge >= 0.3 is 0 Å². The summed E-state index contributed by atoms with van der Waals surface area (Å²) in [6, 6.07) is 12.7. The molecule has 170 valence electrons. The first kappa shape index (κ1) is 22.0. The standard InChI is InChI=1S/C25H30N2O5/c1-30-18-6-4-5-17(11-18)25(29)27-14-21(20-12-19(31-2)9-10-23(20)32-3)22(15-27)24(28)26-13-16-7-8-16/h4-6,9-12,16,21-22H,7-8,13-15H2,1-3H3,(H,26,28)/t21-,22+/m0/s1. The maximum atomic E-state index is 13.3. The van der Waals surface area contributed by atoms with Gasteiger partial charge in [0.15, 0.2) is 0 Å². The molecule has 1 saturated heterocycles. The summed E-state index contributed by atoms with van der Waals surface area (Å²) in [5, 5.41) is 3.10. The molecule has 0 spiro atoms. The van der Waals surface area contributed by atoms with Crippen molar-refractivity contribution in [3.8, 4) is 17.2 Å². The van der Waals surface area contributed by atoms with E-state index in [1.54, 1.807) is 50.5 Å². The number of carbonyl (C=O) groups is 2. The Morgan fingerprint density at radius 3 is 2.41 bits per heavy atom. The first-order valence-electron chi connectivity index (χ1n) is 11.0. The number of benzene rings is 2. The van der Waals surface area contributed by atoms with Gasteiger partial charge in [-0.3, -0.25) is 9.59 Å². The van der Waals surface area contributed by atoms with Crippen LogP contribution < -0.4 is 19.5 Å². The quantitative estimate of drug-likeness (QED) is 0.685. The Bertz CT molecular complexity index is 988. The van der Waals surface area contributed by atoms with Crippen molar-refractivity contribution in [1.82, 2.24) is 10.2 Å². The minimum Gasteiger partial charge on any atom is -0.497 e. The topological polar surface area (TPSA) is 77.1 Å². The van der Waals surface area contributed by atoms with E-state index in [9.17, 15) is 9.59 Å². The molecule has 2 amide bonds. The number of amides is 2. The first-order chi connectivity index (χ1) is 15.5. The van der Waals surface area contributed by atoms with E-state index in [2.05, 4.69) is 5.32 Å². The maximum Gasteiger partial charge on any atom is 0.254 e. The van der Waals surface area contributed by atoms with Crippen molar-refractivity contribution in [1.29, 1.82) is 0 Å². The molecule has 2 aromatic carbocycles. The van der Waals surface area contributed by atoms with Crippen LogP contribution in [0.25, 0.3) is 0 Å². The monoisotopic (exact) mass is 438 g/mol. The van der Waals surface area contributed by atoms with Crippen LogP contribution in [0, 0.1) is 11.8 Å². The fourth-order valence-corrected chi connectivity index (χ4v) is 4.32. The molecule has 0 bridgehead atoms. The second kappa shape index (κ2) is 9.51. The summed E-state index contributed by atoms with van der Waals surface area (Å²) in [7, 11) is 4.80. The van der Waals surface area contributed by atoms with Gasteiger partial charge in [0.1, 0.15) is 17.2 Å². The van der Waals surface area contributed by atoms with Crippen LogP contribution in [0.4, 0.5) is 0 Å². The lowest BCUT2D eigenvalue weighted by atomic mass is 9.87. The summed E-state index contributed by atoms with van der Waals surface area (Å²) < 4.78 is 16.3. The summed E-state index contributed by atoms with van der Waals surface area (Å²) in [6.07, 6.45) is 2.33. The van der Waals surface area contributed by atoms with Crippen LogP contribution in [0.1, 0.15) is 34.7 Å². The zero-order chi connectivity index (χ0) is 22.7. The lowest BCUT2D eigenvalue weighted by molar-refractivity contribution is -0.125. The fraction of sp³-hybridized carbons (Fsp3) is 0.440. The summed E-state index contributed by atoms with van der Waals surface area (Å²) >= 11 is 0. The summed E-state index contributed by atoms with van der Waals surface area (Å²) in [4.78, 5) is 28.2. The molecule has 0 unspecified atom stereocenters. The highest BCUT2D eigenvalue weighted by atomic mass is 16.5. The molecular weight excluding hydrogens is 408 g/mol. The number of ether oxygens (including phenoxy) is 3. The fourth-order valence-electron chi connectivity index (χ4n) is 4.32. The Kier molecular flexibility index (Phi) is 6.53. The largest absolute Gasteiger partial charge is 0.497 e. The van der Waals surface area contributed by atoms with Crippen LogP contribution in [0.5, 0.6) is 17.2 Å². The Hall–Kier alpha value is -3.22. The Morgan fingerprint density at radius 2 is 1.72 bits per heavy atom. The minimum absolute atomic E-state index is 0.0206. The van der Waals surface area contributed by atoms with Gasteiger partial charge in [-0.1, -0.05) is 6.07 Å². The highest BCUT2D eigenvalue weighted by Gasteiger charge is 2.42. The average Bonchev–Trinajstić information content (AvgIpc) is 3.57. The van der Waals surface area contributed by atoms with Gasteiger partial charge in [-0.2, -0.15) is 0 Å². The summed E-state index contributed by atoms with van der Waals surface area (Å²) in [6.45, 7) is 1.46. The molecule has 4 rings (SSSR count). The minimum atomic E-state index is -0.371. The van der Waals surface area contributed by atoms with Crippen LogP contribution in [0.3, 0.4) is 0 Å². The van der Waals surface area contributed by atoms with Gasteiger partial charge < -0.3 is 24.4 Å². The molecule has 2 aliphatic rings. The molecule has 32 heavy (non-hydrogen) atoms. The maximum absolute atomic E-state index is 13.3. The van der Waals surface area contributed by atoms with E-state index in [-0.39, 0.29) is 23.7 Å². The van der Waals surface area contributed by atoms with Crippen molar-refractivity contribution in [3.05, 3.63) is 53.6 Å². The van der Waals surface area contributed by atoms with Gasteiger partial charge in [-0.05, 0) is 55.2 Å². The molecule has 1 heterocycles. The normalized spacial score (nSPS) is 20.0. The van der Waals surface area contributed by atoms with Crippen molar-refractivity contribution in [3.63, 3.8) is 0 Å². The molecule has 2 fully saturated rings. The number of hydrogen-bond acceptors (Lipinski definition) is 5. The molecule has 2 atom stereocenters. The predicted molar refractivity (Wildman–Crippen MR) is 120 cm³/mol. The SMILES string of the molecule is COc1cccc(C(=O)N2C[C@@H](C(=O)NCC3CC3)[C@H](c3cc(OC)ccc3OC)C2)c1. The highest BCUT2D eigenvalue weighted by Crippen LogP contribution is 2.40. The van der Waals surface area contributed by atoms with Crippen LogP contribution >= 0.6 is 0 Å². The molecule has 1 saturated carbocycles. The van der Waals surface area contributed by atoms with E-state index in [1.807, 2.05) is 18.2 Å². The second-order valence-corrected chi connectivity index (χ2v) is 8.45. The van der Waals surface area contributed by atoms with E-state index < -0.39 is 0 Å². The number of likely N-dealkylation sites (tertiary alicyclic amines) is 1. The first-order valence-corrected chi connectivity index (χ1v) is 11.0. The number of methoxy groups -OCH3 is 3. The van der Waals surface area contributed by atoms with Crippen LogP contribution in [-0.4, -0.2) is 57.7 Å². The lowest BCUT2D eigenvalue weighted by Gasteiger charge is -2.21. The average molecular weight is 439 g/mol. The number of nitrogens with one attached hydrogen (secondary N) is 1. The van der Waals surface area contributed by atoms with E-state index in [1.165, 1.54) is 12.8 Å². The highest BCUT2D eigenvalue weighted by molar-refractivity contribution is 5.95. The number of rotatable bonds is 8. The lowest BCUT2D eigenvalue weighted by Crippen LogP contribution is -2.36. The van der Waals surface area contributed by atoms with Crippen molar-refractivity contribution in [2.75, 3.05) is 41.0 Å². The third-order valence-electron chi connectivity index (χ3n) is 6.36. The third kappa shape index (κ3) is 4.66. The van der Waals surface area contributed by atoms with Gasteiger partial charge in [0.2, 0.25) is 5.91 Å². The molecular formula is C25H30N2O5. The van der Waals surface area contributed by atoms with Gasteiger partial charge in [0.05, 0.1) is 27.2 Å². The van der Waals surface area contributed by atoms with Crippen LogP contribution in [-0.2, 0) is 4.79 Å². The van der Waals surface area contributed by atoms with E-state index in [0.717, 1.165) is 5.56 Å². The molecule has 1 aliphatic carbocycles. The molecule has 0 aromatic heterocycles. The zero-order valence-electron chi connectivity index (χ0n) is 18.8. The van der Waals surface area contributed by atoms with E-state index in [4.69, 9.17) is 14.2 Å². The van der Waals surface area contributed by atoms with Crippen molar-refractivity contribution >= 4 is 11.8 Å². The van der Waals surface area contributed by atoms with Crippen molar-refractivity contribution in [2.24, 2.45) is 11.8 Å². The van der Waals surface area contributed by atoms with Crippen LogP contribution in [0.15, 0.2) is 42.5 Å². The smallest absolute Gasteiger partial charge is 0.254 e. The zero-order valence-corrected chi connectivity index (χ0v) is 18.8. The molecule has 2 aromatic rings. The summed E-state index contributed by atoms with van der Waals surface area (Å²) in [5.74, 6) is 1.88. The number of hydrogen-bond donors (Lipinski definition) is 1. The molecule has 0 radical (unpaired) electrons. The van der Waals surface area contributed by atoms with Gasteiger partial charge in [0, 0.05) is 36.7 Å². The number of carbonyl (C=O) groups excluding carboxylic acids is 2. The van der Waals surface area contributed by atoms with E-state index >= 15 is 0 Å². The molecule has 7 heteroatoms. The molecule has 7 nitrogen and oxygen atoms in total. The van der Waals surface area contributed by atoms with Gasteiger partial charge in [-0.15, -0.1) is 0 Å². The molecule has 1 aliphatic heterocycles. The third-order valence-corrected chi connectivity index (χ3v) is 6.36. The predicted octanol–water partition coefficient (Wildman–Crippen LogP) is 3.09. The van der Waals surface area contributed by atoms with Gasteiger partial charge in [0.25, 0.3) is 5.91 Å². The number of nitrogens with zero attached hydrogens (tertiary/aromatic N) is 1. The van der Waals surface area contributed by atoms with E-state index in [0.29, 0.717) is 48.4 Å². The van der Waals surface area contributed by atoms with Crippen molar-refractivity contribution < 1.29 is 23.8 Å². The van der Waals surface area contributed by atoms with Crippen LogP contribution in [0.2, 0.25) is 0 Å². The van der Waals surface area contributed by atoms with Gasteiger partial charge in [-0.25, -0.2) is 0 Å². The Morgan fingerprint density at radius 1 is 0.969 bits per heavy atom. The second-order valence-electron chi connectivity index (χ2n) is 8.45.